The number of ether oxygens (including phenoxy) is 1. The van der Waals surface area contributed by atoms with Gasteiger partial charge in [-0.25, -0.2) is 16.8 Å². The van der Waals surface area contributed by atoms with Crippen molar-refractivity contribution in [1.29, 1.82) is 0 Å². The minimum absolute atomic E-state index is 0.0267. The van der Waals surface area contributed by atoms with Crippen molar-refractivity contribution in [1.82, 2.24) is 8.61 Å². The molecule has 0 bridgehead atoms. The summed E-state index contributed by atoms with van der Waals surface area (Å²) >= 11 is 0. The molecule has 2 heterocycles. The van der Waals surface area contributed by atoms with Crippen molar-refractivity contribution in [3.05, 3.63) is 54.1 Å². The third kappa shape index (κ3) is 6.28. The lowest BCUT2D eigenvalue weighted by molar-refractivity contribution is -0.0440. The number of morpholine rings is 1. The fourth-order valence-corrected chi connectivity index (χ4v) is 8.57. The smallest absolute Gasteiger partial charge is 0.243 e. The van der Waals surface area contributed by atoms with Crippen LogP contribution in [0.2, 0.25) is 0 Å². The first-order valence-electron chi connectivity index (χ1n) is 13.2. The van der Waals surface area contributed by atoms with E-state index in [2.05, 4.69) is 5.32 Å². The molecular formula is C27H37N3O6S2. The molecular weight excluding hydrogens is 526 g/mol. The molecule has 2 aromatic rings. The van der Waals surface area contributed by atoms with Gasteiger partial charge >= 0.3 is 0 Å². The number of carbonyl (C=O) groups excluding carboxylic acids is 1. The Balaban J connectivity index is 1.41. The molecule has 4 rings (SSSR count). The van der Waals surface area contributed by atoms with Gasteiger partial charge in [0.1, 0.15) is 0 Å². The number of piperidine rings is 1. The van der Waals surface area contributed by atoms with E-state index in [0.29, 0.717) is 12.2 Å². The number of carbonyl (C=O) groups is 1. The molecule has 2 saturated heterocycles. The van der Waals surface area contributed by atoms with Crippen molar-refractivity contribution in [3.8, 4) is 0 Å². The minimum atomic E-state index is -3.77. The third-order valence-electron chi connectivity index (χ3n) is 7.14. The van der Waals surface area contributed by atoms with Gasteiger partial charge in [0.05, 0.1) is 28.5 Å². The lowest BCUT2D eigenvalue weighted by Gasteiger charge is -2.34. The summed E-state index contributed by atoms with van der Waals surface area (Å²) in [6.07, 6.45) is 3.15. The average molecular weight is 564 g/mol. The van der Waals surface area contributed by atoms with E-state index in [9.17, 15) is 21.6 Å². The maximum atomic E-state index is 13.2. The first kappa shape index (κ1) is 28.7. The highest BCUT2D eigenvalue weighted by Gasteiger charge is 2.33. The number of Topliss-reactive ketones (excluding diaryl/α,β-unsaturated/α-hetero) is 1. The van der Waals surface area contributed by atoms with Crippen molar-refractivity contribution >= 4 is 31.5 Å². The Kier molecular flexibility index (Phi) is 8.93. The van der Waals surface area contributed by atoms with Gasteiger partial charge in [-0.1, -0.05) is 25.5 Å². The van der Waals surface area contributed by atoms with Crippen LogP contribution in [0.4, 0.5) is 5.69 Å². The van der Waals surface area contributed by atoms with Gasteiger partial charge in [-0.3, -0.25) is 4.79 Å². The third-order valence-corrected chi connectivity index (χ3v) is 10.9. The maximum Gasteiger partial charge on any atom is 0.243 e. The average Bonchev–Trinajstić information content (AvgIpc) is 2.91. The Bertz CT molecular complexity index is 1340. The van der Waals surface area contributed by atoms with Gasteiger partial charge in [0.25, 0.3) is 0 Å². The molecule has 0 aromatic heterocycles. The summed E-state index contributed by atoms with van der Waals surface area (Å²) in [6.45, 7) is 6.67. The van der Waals surface area contributed by atoms with E-state index >= 15 is 0 Å². The Labute approximate surface area is 226 Å². The van der Waals surface area contributed by atoms with E-state index in [1.807, 2.05) is 20.8 Å². The van der Waals surface area contributed by atoms with E-state index in [0.717, 1.165) is 25.7 Å². The first-order chi connectivity index (χ1) is 18.0. The molecule has 3 atom stereocenters. The predicted octanol–water partition coefficient (Wildman–Crippen LogP) is 3.73. The Morgan fingerprint density at radius 2 is 1.63 bits per heavy atom. The van der Waals surface area contributed by atoms with Gasteiger partial charge in [0, 0.05) is 36.9 Å². The summed E-state index contributed by atoms with van der Waals surface area (Å²) < 4.78 is 61.4. The zero-order valence-electron chi connectivity index (χ0n) is 22.2. The lowest BCUT2D eigenvalue weighted by atomic mass is 10.0. The zero-order valence-corrected chi connectivity index (χ0v) is 23.8. The molecule has 2 fully saturated rings. The fraction of sp³-hybridized carbons (Fsp3) is 0.519. The molecule has 9 nitrogen and oxygen atoms in total. The molecule has 0 spiro atoms. The van der Waals surface area contributed by atoms with Crippen molar-refractivity contribution < 1.29 is 26.4 Å². The van der Waals surface area contributed by atoms with Gasteiger partial charge in [-0.2, -0.15) is 8.61 Å². The van der Waals surface area contributed by atoms with E-state index in [1.54, 1.807) is 40.7 Å². The normalized spacial score (nSPS) is 23.7. The molecule has 0 amide bonds. The quantitative estimate of drug-likeness (QED) is 0.463. The topological polar surface area (TPSA) is 113 Å². The van der Waals surface area contributed by atoms with Gasteiger partial charge in [-0.15, -0.1) is 0 Å². The monoisotopic (exact) mass is 563 g/mol. The Hall–Kier alpha value is -2.31. The highest BCUT2D eigenvalue weighted by Crippen LogP contribution is 2.28. The number of hydrogen-bond acceptors (Lipinski definition) is 7. The minimum Gasteiger partial charge on any atom is -0.378 e. The molecule has 0 radical (unpaired) electrons. The van der Waals surface area contributed by atoms with Crippen molar-refractivity contribution in [3.63, 3.8) is 0 Å². The van der Waals surface area contributed by atoms with E-state index < -0.39 is 20.0 Å². The SMILES string of the molecule is CCC1CCCCN1S(=O)(=O)c1ccc(NCC(=O)c2cccc(S(=O)(=O)N3CC(C)OC(C)C3)c2)cc1. The van der Waals surface area contributed by atoms with Crippen molar-refractivity contribution in [2.45, 2.75) is 74.5 Å². The molecule has 0 saturated carbocycles. The molecule has 11 heteroatoms. The number of anilines is 1. The molecule has 2 aromatic carbocycles. The molecule has 208 valence electrons. The molecule has 2 aliphatic rings. The molecule has 0 aliphatic carbocycles. The lowest BCUT2D eigenvalue weighted by Crippen LogP contribution is -2.48. The Morgan fingerprint density at radius 3 is 2.29 bits per heavy atom. The Morgan fingerprint density at radius 1 is 0.947 bits per heavy atom. The van der Waals surface area contributed by atoms with Crippen LogP contribution in [0.25, 0.3) is 0 Å². The van der Waals surface area contributed by atoms with Crippen LogP contribution < -0.4 is 5.32 Å². The summed E-state index contributed by atoms with van der Waals surface area (Å²) in [5.41, 5.74) is 0.880. The second kappa shape index (κ2) is 11.8. The second-order valence-electron chi connectivity index (χ2n) is 10.1. The summed E-state index contributed by atoms with van der Waals surface area (Å²) in [5, 5.41) is 3.02. The number of nitrogens with one attached hydrogen (secondary N) is 1. The van der Waals surface area contributed by atoms with Crippen LogP contribution in [0.5, 0.6) is 0 Å². The van der Waals surface area contributed by atoms with E-state index in [4.69, 9.17) is 4.74 Å². The molecule has 1 N–H and O–H groups in total. The number of benzene rings is 2. The van der Waals surface area contributed by atoms with Gasteiger partial charge in [-0.05, 0) is 69.5 Å². The van der Waals surface area contributed by atoms with Crippen molar-refractivity contribution in [2.24, 2.45) is 0 Å². The highest BCUT2D eigenvalue weighted by molar-refractivity contribution is 7.89. The van der Waals surface area contributed by atoms with E-state index in [1.165, 1.54) is 16.4 Å². The summed E-state index contributed by atoms with van der Waals surface area (Å²) in [4.78, 5) is 13.2. The van der Waals surface area contributed by atoms with Gasteiger partial charge in [0.2, 0.25) is 20.0 Å². The van der Waals surface area contributed by atoms with Crippen LogP contribution in [0.1, 0.15) is 56.8 Å². The number of ketones is 1. The highest BCUT2D eigenvalue weighted by atomic mass is 32.2. The number of nitrogens with zero attached hydrogens (tertiary/aromatic N) is 2. The number of sulfonamides is 2. The van der Waals surface area contributed by atoms with E-state index in [-0.39, 0.29) is 59.0 Å². The number of rotatable bonds is 9. The maximum absolute atomic E-state index is 13.2. The van der Waals surface area contributed by atoms with Crippen molar-refractivity contribution in [2.75, 3.05) is 31.5 Å². The van der Waals surface area contributed by atoms with Crippen LogP contribution >= 0.6 is 0 Å². The molecule has 38 heavy (non-hydrogen) atoms. The summed E-state index contributed by atoms with van der Waals surface area (Å²) in [6, 6.07) is 12.5. The zero-order chi connectivity index (χ0) is 27.5. The summed E-state index contributed by atoms with van der Waals surface area (Å²) in [7, 11) is -7.34. The van der Waals surface area contributed by atoms with Crippen LogP contribution in [0, 0.1) is 0 Å². The standard InChI is InChI=1S/C27H37N3O6S2/c1-4-24-9-5-6-15-30(24)38(34,35)25-13-11-23(12-14-25)28-17-27(31)22-8-7-10-26(16-22)37(32,33)29-18-20(2)36-21(3)19-29/h7-8,10-14,16,20-21,24,28H,4-6,9,15,17-19H2,1-3H3. The van der Waals surface area contributed by atoms with Gasteiger partial charge in [0.15, 0.2) is 5.78 Å². The fourth-order valence-electron chi connectivity index (χ4n) is 5.17. The second-order valence-corrected chi connectivity index (χ2v) is 13.9. The first-order valence-corrected chi connectivity index (χ1v) is 16.0. The largest absolute Gasteiger partial charge is 0.378 e. The van der Waals surface area contributed by atoms with Gasteiger partial charge < -0.3 is 10.1 Å². The van der Waals surface area contributed by atoms with Crippen LogP contribution in [0.15, 0.2) is 58.3 Å². The molecule has 3 unspecified atom stereocenters. The number of hydrogen-bond donors (Lipinski definition) is 1. The summed E-state index contributed by atoms with van der Waals surface area (Å²) in [5.74, 6) is -0.276. The predicted molar refractivity (Wildman–Crippen MR) is 146 cm³/mol. The molecule has 2 aliphatic heterocycles. The van der Waals surface area contributed by atoms with Crippen LogP contribution in [-0.4, -0.2) is 75.7 Å². The van der Waals surface area contributed by atoms with Crippen LogP contribution in [-0.2, 0) is 24.8 Å². The van der Waals surface area contributed by atoms with Crippen LogP contribution in [0.3, 0.4) is 0 Å².